The zero-order valence-corrected chi connectivity index (χ0v) is 16.6. The summed E-state index contributed by atoms with van der Waals surface area (Å²) in [5.74, 6) is -0.928. The summed E-state index contributed by atoms with van der Waals surface area (Å²) in [6, 6.07) is 24.3. The van der Waals surface area contributed by atoms with E-state index in [1.165, 1.54) is 0 Å². The first-order valence-corrected chi connectivity index (χ1v) is 9.69. The molecule has 4 rings (SSSR count). The van der Waals surface area contributed by atoms with Gasteiger partial charge in [-0.3, -0.25) is 0 Å². The second-order valence-electron chi connectivity index (χ2n) is 6.90. The van der Waals surface area contributed by atoms with Crippen molar-refractivity contribution in [3.63, 3.8) is 0 Å². The quantitative estimate of drug-likeness (QED) is 0.387. The number of nitrogens with zero attached hydrogens (tertiary/aromatic N) is 1. The summed E-state index contributed by atoms with van der Waals surface area (Å²) in [5.41, 5.74) is 7.42. The number of nitrogens with two attached hydrogens (primary N) is 1. The molecule has 0 aliphatic carbocycles. The van der Waals surface area contributed by atoms with E-state index in [0.29, 0.717) is 18.1 Å². The predicted octanol–water partition coefficient (Wildman–Crippen LogP) is 5.77. The van der Waals surface area contributed by atoms with Gasteiger partial charge in [0.1, 0.15) is 24.8 Å². The van der Waals surface area contributed by atoms with Crippen molar-refractivity contribution in [1.82, 2.24) is 4.98 Å². The minimum Gasteiger partial charge on any atom is -0.473 e. The number of benzene rings is 3. The van der Waals surface area contributed by atoms with Gasteiger partial charge in [0, 0.05) is 23.3 Å². The van der Waals surface area contributed by atoms with E-state index in [1.807, 2.05) is 60.7 Å². The molecule has 0 saturated carbocycles. The Kier molecular flexibility index (Phi) is 6.08. The van der Waals surface area contributed by atoms with Crippen LogP contribution in [0.2, 0.25) is 0 Å². The maximum absolute atomic E-state index is 14.6. The summed E-state index contributed by atoms with van der Waals surface area (Å²) in [7, 11) is 0. The highest BCUT2D eigenvalue weighted by atomic mass is 19.1. The van der Waals surface area contributed by atoms with Crippen molar-refractivity contribution in [2.75, 3.05) is 5.73 Å². The third-order valence-corrected chi connectivity index (χ3v) is 4.66. The fraction of sp³-hybridized carbons (Fsp3) is 0.0800. The lowest BCUT2D eigenvalue weighted by molar-refractivity contribution is 0.268. The zero-order valence-electron chi connectivity index (χ0n) is 16.6. The molecule has 4 nitrogen and oxygen atoms in total. The van der Waals surface area contributed by atoms with Crippen LogP contribution in [0.3, 0.4) is 0 Å². The van der Waals surface area contributed by atoms with Gasteiger partial charge in [-0.15, -0.1) is 0 Å². The molecule has 0 aliphatic rings. The van der Waals surface area contributed by atoms with Gasteiger partial charge < -0.3 is 15.2 Å². The number of nitrogen functional groups attached to an aromatic ring is 1. The normalized spacial score (nSPS) is 10.6. The van der Waals surface area contributed by atoms with Crippen LogP contribution in [0.5, 0.6) is 11.8 Å². The molecule has 4 aromatic rings. The maximum atomic E-state index is 14.6. The molecule has 0 saturated heterocycles. The molecule has 31 heavy (non-hydrogen) atoms. The number of hydrogen-bond donors (Lipinski definition) is 1. The van der Waals surface area contributed by atoms with Crippen LogP contribution >= 0.6 is 0 Å². The first-order chi connectivity index (χ1) is 15.1. The van der Waals surface area contributed by atoms with E-state index in [1.54, 1.807) is 12.1 Å². The van der Waals surface area contributed by atoms with Crippen LogP contribution in [-0.2, 0) is 13.2 Å². The first kappa shape index (κ1) is 20.3. The van der Waals surface area contributed by atoms with Crippen LogP contribution in [-0.4, -0.2) is 4.98 Å². The Bertz CT molecular complexity index is 1170. The summed E-state index contributed by atoms with van der Waals surface area (Å²) >= 11 is 0. The summed E-state index contributed by atoms with van der Waals surface area (Å²) in [4.78, 5) is 4.41. The lowest BCUT2D eigenvalue weighted by Gasteiger charge is -2.14. The summed E-state index contributed by atoms with van der Waals surface area (Å²) in [5, 5.41) is 0. The lowest BCUT2D eigenvalue weighted by Crippen LogP contribution is -2.03. The van der Waals surface area contributed by atoms with Gasteiger partial charge in [-0.05, 0) is 23.3 Å². The Balaban J connectivity index is 1.65. The van der Waals surface area contributed by atoms with Crippen LogP contribution in [0.4, 0.5) is 14.5 Å². The highest BCUT2D eigenvalue weighted by molar-refractivity contribution is 5.71. The van der Waals surface area contributed by atoms with Crippen molar-refractivity contribution in [3.05, 3.63) is 108 Å². The first-order valence-electron chi connectivity index (χ1n) is 9.69. The summed E-state index contributed by atoms with van der Waals surface area (Å²) in [6.45, 7) is 0.526. The van der Waals surface area contributed by atoms with Crippen LogP contribution in [0.1, 0.15) is 11.1 Å². The van der Waals surface area contributed by atoms with Crippen molar-refractivity contribution >= 4 is 5.69 Å². The second-order valence-corrected chi connectivity index (χ2v) is 6.90. The van der Waals surface area contributed by atoms with Gasteiger partial charge in [0.25, 0.3) is 0 Å². The number of aromatic nitrogens is 1. The Hall–Kier alpha value is -3.93. The van der Waals surface area contributed by atoms with E-state index in [2.05, 4.69) is 4.98 Å². The monoisotopic (exact) mass is 418 g/mol. The molecule has 0 bridgehead atoms. The minimum atomic E-state index is -0.713. The Morgan fingerprint density at radius 3 is 1.94 bits per heavy atom. The lowest BCUT2D eigenvalue weighted by atomic mass is 10.1. The minimum absolute atomic E-state index is 0.0110. The number of ether oxygens (including phenoxy) is 2. The molecule has 0 radical (unpaired) electrons. The maximum Gasteiger partial charge on any atom is 0.225 e. The molecule has 6 heteroatoms. The van der Waals surface area contributed by atoms with Gasteiger partial charge in [0.05, 0.1) is 5.69 Å². The van der Waals surface area contributed by atoms with Crippen LogP contribution in [0.25, 0.3) is 11.1 Å². The molecule has 0 spiro atoms. The van der Waals surface area contributed by atoms with Crippen LogP contribution in [0.15, 0.2) is 84.9 Å². The molecule has 1 aromatic heterocycles. The van der Waals surface area contributed by atoms with Gasteiger partial charge in [-0.25, -0.2) is 8.78 Å². The molecule has 1 heterocycles. The summed E-state index contributed by atoms with van der Waals surface area (Å²) in [6.07, 6.45) is 0. The topological polar surface area (TPSA) is 57.4 Å². The molecule has 2 N–H and O–H groups in total. The average molecular weight is 418 g/mol. The van der Waals surface area contributed by atoms with Crippen molar-refractivity contribution in [2.24, 2.45) is 0 Å². The van der Waals surface area contributed by atoms with Crippen LogP contribution < -0.4 is 15.2 Å². The van der Waals surface area contributed by atoms with E-state index >= 15 is 0 Å². The van der Waals surface area contributed by atoms with E-state index in [9.17, 15) is 8.78 Å². The third-order valence-electron chi connectivity index (χ3n) is 4.66. The molecule has 0 fully saturated rings. The zero-order chi connectivity index (χ0) is 21.6. The second kappa shape index (κ2) is 9.26. The highest BCUT2D eigenvalue weighted by Crippen LogP contribution is 2.34. The van der Waals surface area contributed by atoms with Crippen molar-refractivity contribution in [2.45, 2.75) is 13.2 Å². The number of halogens is 2. The standard InChI is InChI=1S/C25H20F2N2O2/c26-21-14-23(28)22(27)13-20(21)19-11-12-24(30-15-17-7-3-1-4-8-17)29-25(19)31-16-18-9-5-2-6-10-18/h1-14H,15-16,28H2. The Morgan fingerprint density at radius 2 is 1.29 bits per heavy atom. The van der Waals surface area contributed by atoms with E-state index < -0.39 is 11.6 Å². The van der Waals surface area contributed by atoms with Crippen molar-refractivity contribution < 1.29 is 18.3 Å². The van der Waals surface area contributed by atoms with Crippen LogP contribution in [0, 0.1) is 11.6 Å². The van der Waals surface area contributed by atoms with Gasteiger partial charge in [-0.1, -0.05) is 60.7 Å². The van der Waals surface area contributed by atoms with Gasteiger partial charge in [0.15, 0.2) is 0 Å². The number of pyridine rings is 1. The SMILES string of the molecule is Nc1cc(F)c(-c2ccc(OCc3ccccc3)nc2OCc2ccccc2)cc1F. The summed E-state index contributed by atoms with van der Waals surface area (Å²) < 4.78 is 40.3. The fourth-order valence-electron chi connectivity index (χ4n) is 3.04. The average Bonchev–Trinajstić information content (AvgIpc) is 2.80. The van der Waals surface area contributed by atoms with Crippen molar-refractivity contribution in [1.29, 1.82) is 0 Å². The molecule has 3 aromatic carbocycles. The Labute approximate surface area is 178 Å². The van der Waals surface area contributed by atoms with E-state index in [-0.39, 0.29) is 23.7 Å². The van der Waals surface area contributed by atoms with Gasteiger partial charge >= 0.3 is 0 Å². The van der Waals surface area contributed by atoms with Gasteiger partial charge in [0.2, 0.25) is 11.8 Å². The molecule has 0 amide bonds. The molecule has 0 unspecified atom stereocenters. The number of anilines is 1. The van der Waals surface area contributed by atoms with E-state index in [4.69, 9.17) is 15.2 Å². The Morgan fingerprint density at radius 1 is 0.677 bits per heavy atom. The predicted molar refractivity (Wildman–Crippen MR) is 116 cm³/mol. The highest BCUT2D eigenvalue weighted by Gasteiger charge is 2.17. The molecule has 0 atom stereocenters. The smallest absolute Gasteiger partial charge is 0.225 e. The molecular formula is C25H20F2N2O2. The number of hydrogen-bond acceptors (Lipinski definition) is 4. The molecule has 156 valence electrons. The van der Waals surface area contributed by atoms with Gasteiger partial charge in [-0.2, -0.15) is 4.98 Å². The van der Waals surface area contributed by atoms with E-state index in [0.717, 1.165) is 23.3 Å². The third kappa shape index (κ3) is 4.98. The van der Waals surface area contributed by atoms with Crippen molar-refractivity contribution in [3.8, 4) is 22.9 Å². The largest absolute Gasteiger partial charge is 0.473 e. The fourth-order valence-corrected chi connectivity index (χ4v) is 3.04. The molecule has 0 aliphatic heterocycles. The number of rotatable bonds is 7. The molecular weight excluding hydrogens is 398 g/mol.